The minimum atomic E-state index is -0.435. The molecule has 8 nitrogen and oxygen atoms in total. The number of alkyl carbamates (subject to hydrolysis) is 1. The summed E-state index contributed by atoms with van der Waals surface area (Å²) < 4.78 is 7.42. The first-order chi connectivity index (χ1) is 18.5. The minimum Gasteiger partial charge on any atom is -0.448 e. The summed E-state index contributed by atoms with van der Waals surface area (Å²) in [7, 11) is 0. The van der Waals surface area contributed by atoms with Crippen LogP contribution in [0.4, 0.5) is 10.6 Å². The zero-order valence-electron chi connectivity index (χ0n) is 21.2. The molecule has 0 unspecified atom stereocenters. The SMILES string of the molecule is C=C(C)CNCCOC(=O)NCc1ccc(Cn2c(-c3cccs3)nc3c(N)nc4ccccc4c32)cc1. The Kier molecular flexibility index (Phi) is 7.67. The van der Waals surface area contributed by atoms with Crippen LogP contribution in [0.25, 0.3) is 32.6 Å². The van der Waals surface area contributed by atoms with E-state index in [-0.39, 0.29) is 0 Å². The summed E-state index contributed by atoms with van der Waals surface area (Å²) in [6.45, 7) is 8.38. The third kappa shape index (κ3) is 5.69. The summed E-state index contributed by atoms with van der Waals surface area (Å²) in [6, 6.07) is 20.3. The van der Waals surface area contributed by atoms with E-state index in [9.17, 15) is 4.79 Å². The van der Waals surface area contributed by atoms with Gasteiger partial charge in [0.1, 0.15) is 12.1 Å². The maximum Gasteiger partial charge on any atom is 0.407 e. The highest BCUT2D eigenvalue weighted by molar-refractivity contribution is 7.13. The number of para-hydroxylation sites is 1. The number of carbonyl (C=O) groups is 1. The van der Waals surface area contributed by atoms with Crippen molar-refractivity contribution >= 4 is 45.2 Å². The van der Waals surface area contributed by atoms with Crippen LogP contribution in [0, 0.1) is 0 Å². The Hall–Kier alpha value is -4.21. The number of ether oxygens (including phenoxy) is 1. The Morgan fingerprint density at radius 2 is 1.87 bits per heavy atom. The predicted octanol–water partition coefficient (Wildman–Crippen LogP) is 5.34. The van der Waals surface area contributed by atoms with E-state index in [1.54, 1.807) is 11.3 Å². The third-order valence-electron chi connectivity index (χ3n) is 6.09. The van der Waals surface area contributed by atoms with Gasteiger partial charge in [0.05, 0.1) is 15.9 Å². The largest absolute Gasteiger partial charge is 0.448 e. The molecular weight excluding hydrogens is 496 g/mol. The van der Waals surface area contributed by atoms with Crippen LogP contribution in [-0.4, -0.2) is 40.3 Å². The molecule has 0 bridgehead atoms. The van der Waals surface area contributed by atoms with Gasteiger partial charge in [0.2, 0.25) is 0 Å². The predicted molar refractivity (Wildman–Crippen MR) is 154 cm³/mol. The summed E-state index contributed by atoms with van der Waals surface area (Å²) in [5, 5.41) is 9.02. The number of nitrogens with two attached hydrogens (primary N) is 1. The maximum atomic E-state index is 12.0. The summed E-state index contributed by atoms with van der Waals surface area (Å²) >= 11 is 1.64. The van der Waals surface area contributed by atoms with Gasteiger partial charge in [-0.3, -0.25) is 0 Å². The van der Waals surface area contributed by atoms with Crippen LogP contribution in [-0.2, 0) is 17.8 Å². The smallest absolute Gasteiger partial charge is 0.407 e. The minimum absolute atomic E-state index is 0.304. The van der Waals surface area contributed by atoms with Gasteiger partial charge in [0, 0.05) is 31.6 Å². The second kappa shape index (κ2) is 11.5. The van der Waals surface area contributed by atoms with E-state index in [4.69, 9.17) is 15.5 Å². The number of rotatable bonds is 10. The van der Waals surface area contributed by atoms with E-state index in [1.165, 1.54) is 0 Å². The molecule has 0 aliphatic heterocycles. The quantitative estimate of drug-likeness (QED) is 0.168. The molecule has 0 atom stereocenters. The number of hydrogen-bond donors (Lipinski definition) is 3. The number of pyridine rings is 1. The van der Waals surface area contributed by atoms with Crippen molar-refractivity contribution in [3.8, 4) is 10.7 Å². The molecule has 9 heteroatoms. The van der Waals surface area contributed by atoms with Crippen molar-refractivity contribution in [2.75, 3.05) is 25.4 Å². The van der Waals surface area contributed by atoms with Gasteiger partial charge in [-0.15, -0.1) is 11.3 Å². The van der Waals surface area contributed by atoms with E-state index in [0.717, 1.165) is 43.8 Å². The molecule has 0 saturated carbocycles. The Morgan fingerprint density at radius 3 is 2.63 bits per heavy atom. The van der Waals surface area contributed by atoms with Gasteiger partial charge < -0.3 is 25.7 Å². The van der Waals surface area contributed by atoms with Crippen molar-refractivity contribution in [1.29, 1.82) is 0 Å². The summed E-state index contributed by atoms with van der Waals surface area (Å²) in [5.41, 5.74) is 12.0. The number of aromatic nitrogens is 3. The molecule has 0 radical (unpaired) electrons. The lowest BCUT2D eigenvalue weighted by Gasteiger charge is -2.12. The Morgan fingerprint density at radius 1 is 1.08 bits per heavy atom. The highest BCUT2D eigenvalue weighted by Crippen LogP contribution is 2.34. The number of thiophene rings is 1. The molecule has 194 valence electrons. The normalized spacial score (nSPS) is 11.2. The first-order valence-electron chi connectivity index (χ1n) is 12.4. The number of anilines is 1. The topological polar surface area (TPSA) is 107 Å². The molecule has 5 aromatic rings. The fourth-order valence-electron chi connectivity index (χ4n) is 4.29. The van der Waals surface area contributed by atoms with Crippen molar-refractivity contribution in [3.63, 3.8) is 0 Å². The van der Waals surface area contributed by atoms with Crippen LogP contribution in [0.1, 0.15) is 18.1 Å². The molecule has 5 rings (SSSR count). The van der Waals surface area contributed by atoms with Gasteiger partial charge in [-0.05, 0) is 35.6 Å². The molecule has 4 N–H and O–H groups in total. The molecule has 0 saturated heterocycles. The second-order valence-electron chi connectivity index (χ2n) is 9.15. The standard InChI is InChI=1S/C29H30N6O2S/c1-19(2)16-31-13-14-37-29(36)32-17-20-9-11-21(12-10-20)18-35-26-22-6-3-4-7-23(22)33-27(30)25(26)34-28(35)24-8-5-15-38-24/h3-12,15,31H,1,13-14,16-18H2,2H3,(H2,30,33)(H,32,36). The van der Waals surface area contributed by atoms with Gasteiger partial charge in [0.25, 0.3) is 0 Å². The number of benzene rings is 2. The zero-order valence-corrected chi connectivity index (χ0v) is 22.1. The summed E-state index contributed by atoms with van der Waals surface area (Å²) in [6.07, 6.45) is -0.435. The molecule has 0 aliphatic carbocycles. The van der Waals surface area contributed by atoms with E-state index in [1.807, 2.05) is 48.7 Å². The van der Waals surface area contributed by atoms with Crippen LogP contribution in [0.2, 0.25) is 0 Å². The number of carbonyl (C=O) groups excluding carboxylic acids is 1. The highest BCUT2D eigenvalue weighted by Gasteiger charge is 2.19. The van der Waals surface area contributed by atoms with Crippen LogP contribution in [0.5, 0.6) is 0 Å². The average Bonchev–Trinajstić information content (AvgIpc) is 3.57. The lowest BCUT2D eigenvalue weighted by Crippen LogP contribution is -2.28. The number of nitrogens with one attached hydrogen (secondary N) is 2. The van der Waals surface area contributed by atoms with Gasteiger partial charge in [-0.1, -0.05) is 60.7 Å². The van der Waals surface area contributed by atoms with E-state index >= 15 is 0 Å². The maximum absolute atomic E-state index is 12.0. The molecule has 3 aromatic heterocycles. The molecule has 0 spiro atoms. The van der Waals surface area contributed by atoms with Crippen LogP contribution in [0.15, 0.2) is 78.2 Å². The Bertz CT molecular complexity index is 1570. The van der Waals surface area contributed by atoms with Crippen LogP contribution < -0.4 is 16.4 Å². The fraction of sp³-hybridized carbons (Fsp3) is 0.207. The molecule has 2 aromatic carbocycles. The molecule has 3 heterocycles. The zero-order chi connectivity index (χ0) is 26.5. The van der Waals surface area contributed by atoms with E-state index in [2.05, 4.69) is 51.0 Å². The lowest BCUT2D eigenvalue weighted by atomic mass is 10.1. The Balaban J connectivity index is 1.32. The third-order valence-corrected chi connectivity index (χ3v) is 6.96. The average molecular weight is 527 g/mol. The molecular formula is C29H30N6O2S. The van der Waals surface area contributed by atoms with Crippen molar-refractivity contribution in [3.05, 3.63) is 89.3 Å². The van der Waals surface area contributed by atoms with Crippen LogP contribution >= 0.6 is 11.3 Å². The molecule has 0 fully saturated rings. The number of imidazole rings is 1. The van der Waals surface area contributed by atoms with Gasteiger partial charge in [0.15, 0.2) is 11.6 Å². The van der Waals surface area contributed by atoms with Crippen molar-refractivity contribution in [2.24, 2.45) is 0 Å². The van der Waals surface area contributed by atoms with Crippen molar-refractivity contribution in [2.45, 2.75) is 20.0 Å². The van der Waals surface area contributed by atoms with E-state index in [0.29, 0.717) is 44.1 Å². The fourth-order valence-corrected chi connectivity index (χ4v) is 5.02. The molecule has 38 heavy (non-hydrogen) atoms. The van der Waals surface area contributed by atoms with Gasteiger partial charge in [-0.2, -0.15) is 0 Å². The number of fused-ring (bicyclic) bond motifs is 3. The van der Waals surface area contributed by atoms with Crippen LogP contribution in [0.3, 0.4) is 0 Å². The Labute approximate surface area is 225 Å². The van der Waals surface area contributed by atoms with Gasteiger partial charge in [-0.25, -0.2) is 14.8 Å². The number of nitrogens with zero attached hydrogens (tertiary/aromatic N) is 3. The molecule has 1 amide bonds. The van der Waals surface area contributed by atoms with E-state index < -0.39 is 6.09 Å². The monoisotopic (exact) mass is 526 g/mol. The number of hydrogen-bond acceptors (Lipinski definition) is 7. The van der Waals surface area contributed by atoms with Gasteiger partial charge >= 0.3 is 6.09 Å². The van der Waals surface area contributed by atoms with Crippen molar-refractivity contribution < 1.29 is 9.53 Å². The summed E-state index contributed by atoms with van der Waals surface area (Å²) in [4.78, 5) is 22.6. The molecule has 0 aliphatic rings. The lowest BCUT2D eigenvalue weighted by molar-refractivity contribution is 0.146. The number of nitrogen functional groups attached to an aromatic ring is 1. The van der Waals surface area contributed by atoms with Crippen molar-refractivity contribution in [1.82, 2.24) is 25.2 Å². The first kappa shape index (κ1) is 25.4. The second-order valence-corrected chi connectivity index (χ2v) is 10.1. The highest BCUT2D eigenvalue weighted by atomic mass is 32.1. The number of amides is 1. The first-order valence-corrected chi connectivity index (χ1v) is 13.3. The summed E-state index contributed by atoms with van der Waals surface area (Å²) in [5.74, 6) is 1.29.